The number of likely N-dealkylation sites (tertiary alicyclic amines) is 1. The second kappa shape index (κ2) is 12.9. The summed E-state index contributed by atoms with van der Waals surface area (Å²) in [5, 5.41) is 10.6. The van der Waals surface area contributed by atoms with Crippen molar-refractivity contribution in [3.05, 3.63) is 94.1 Å². The topological polar surface area (TPSA) is 54.7 Å². The number of nitriles is 1. The fourth-order valence-electron chi connectivity index (χ4n) is 6.68. The first-order valence-corrected chi connectivity index (χ1v) is 15.0. The number of nitrogens with zero attached hydrogens (tertiary/aromatic N) is 2. The molecule has 1 aliphatic carbocycles. The molecule has 0 saturated carbocycles. The standard InChI is InChI=1S/C37H42N2O3/c1-26(2)37(25-38,30-23-33(40-3)36(42-5)34(24-30)41-4)19-10-20-39-21-17-29(18-22-39)35-31-13-8-6-11-27(31)15-16-28-12-7-9-14-32(28)35/h6-9,11-16,23-24,26H,10,17-22H2,1-5H3. The Bertz CT molecular complexity index is 1440. The summed E-state index contributed by atoms with van der Waals surface area (Å²) < 4.78 is 16.8. The molecule has 0 radical (unpaired) electrons. The number of rotatable bonds is 9. The normalized spacial score (nSPS) is 16.2. The van der Waals surface area contributed by atoms with Crippen LogP contribution in [0.2, 0.25) is 0 Å². The maximum atomic E-state index is 10.6. The van der Waals surface area contributed by atoms with Crippen molar-refractivity contribution in [1.82, 2.24) is 4.90 Å². The maximum Gasteiger partial charge on any atom is 0.203 e. The third kappa shape index (κ3) is 5.56. The number of fused-ring (bicyclic) bond motifs is 2. The number of hydrogen-bond acceptors (Lipinski definition) is 5. The largest absolute Gasteiger partial charge is 0.493 e. The molecule has 1 saturated heterocycles. The average molecular weight is 563 g/mol. The van der Waals surface area contributed by atoms with Gasteiger partial charge >= 0.3 is 0 Å². The number of piperidine rings is 1. The molecule has 5 rings (SSSR count). The zero-order valence-corrected chi connectivity index (χ0v) is 25.6. The second-order valence-corrected chi connectivity index (χ2v) is 11.6. The van der Waals surface area contributed by atoms with Gasteiger partial charge in [0.2, 0.25) is 5.75 Å². The highest BCUT2D eigenvalue weighted by Gasteiger charge is 2.37. The highest BCUT2D eigenvalue weighted by atomic mass is 16.5. The molecule has 2 aliphatic rings. The first kappa shape index (κ1) is 29.5. The van der Waals surface area contributed by atoms with Crippen molar-refractivity contribution in [3.63, 3.8) is 0 Å². The molecule has 1 atom stereocenters. The smallest absolute Gasteiger partial charge is 0.203 e. The van der Waals surface area contributed by atoms with Crippen LogP contribution in [-0.4, -0.2) is 45.9 Å². The van der Waals surface area contributed by atoms with E-state index in [1.165, 1.54) is 27.8 Å². The van der Waals surface area contributed by atoms with Crippen LogP contribution in [0.25, 0.3) is 17.7 Å². The second-order valence-electron chi connectivity index (χ2n) is 11.6. The summed E-state index contributed by atoms with van der Waals surface area (Å²) in [6.07, 6.45) is 8.31. The molecule has 1 unspecified atom stereocenters. The lowest BCUT2D eigenvalue weighted by Crippen LogP contribution is -2.35. The minimum atomic E-state index is -0.656. The van der Waals surface area contributed by atoms with Gasteiger partial charge in [-0.3, -0.25) is 0 Å². The summed E-state index contributed by atoms with van der Waals surface area (Å²) in [5.41, 5.74) is 8.46. The van der Waals surface area contributed by atoms with Gasteiger partial charge in [0.25, 0.3) is 0 Å². The third-order valence-corrected chi connectivity index (χ3v) is 9.13. The molecule has 1 heterocycles. The monoisotopic (exact) mass is 562 g/mol. The van der Waals surface area contributed by atoms with Crippen LogP contribution >= 0.6 is 0 Å². The summed E-state index contributed by atoms with van der Waals surface area (Å²) in [4.78, 5) is 2.56. The predicted molar refractivity (Wildman–Crippen MR) is 171 cm³/mol. The van der Waals surface area contributed by atoms with Crippen molar-refractivity contribution >= 4 is 17.7 Å². The summed E-state index contributed by atoms with van der Waals surface area (Å²) in [6, 6.07) is 24.1. The minimum Gasteiger partial charge on any atom is -0.493 e. The lowest BCUT2D eigenvalue weighted by atomic mass is 9.69. The summed E-state index contributed by atoms with van der Waals surface area (Å²) in [7, 11) is 4.84. The Labute approximate surface area is 251 Å². The molecule has 5 heteroatoms. The molecule has 218 valence electrons. The van der Waals surface area contributed by atoms with E-state index in [1.54, 1.807) is 26.9 Å². The zero-order chi connectivity index (χ0) is 29.7. The van der Waals surface area contributed by atoms with Crippen LogP contribution in [0.15, 0.2) is 66.2 Å². The SMILES string of the molecule is COc1cc(C(C#N)(CCCN2CCC(=C3c4ccccc4C=Cc4ccccc43)CC2)C(C)C)cc(OC)c1OC. The van der Waals surface area contributed by atoms with Crippen molar-refractivity contribution in [2.24, 2.45) is 5.92 Å². The Hall–Kier alpha value is -4.01. The third-order valence-electron chi connectivity index (χ3n) is 9.13. The van der Waals surface area contributed by atoms with E-state index in [9.17, 15) is 5.26 Å². The van der Waals surface area contributed by atoms with E-state index >= 15 is 0 Å². The van der Waals surface area contributed by atoms with Gasteiger partial charge in [-0.05, 0) is 83.7 Å². The summed E-state index contributed by atoms with van der Waals surface area (Å²) in [6.45, 7) is 7.29. The van der Waals surface area contributed by atoms with Gasteiger partial charge < -0.3 is 19.1 Å². The molecule has 3 aromatic carbocycles. The van der Waals surface area contributed by atoms with E-state index in [0.717, 1.165) is 50.9 Å². The van der Waals surface area contributed by atoms with Gasteiger partial charge in [-0.25, -0.2) is 0 Å². The van der Waals surface area contributed by atoms with E-state index in [2.05, 4.69) is 85.5 Å². The molecule has 1 aliphatic heterocycles. The first-order chi connectivity index (χ1) is 20.4. The quantitative estimate of drug-likeness (QED) is 0.207. The molecule has 0 amide bonds. The van der Waals surface area contributed by atoms with Gasteiger partial charge in [-0.1, -0.05) is 80.1 Å². The van der Waals surface area contributed by atoms with E-state index in [-0.39, 0.29) is 5.92 Å². The molecular formula is C37H42N2O3. The van der Waals surface area contributed by atoms with Crippen LogP contribution < -0.4 is 14.2 Å². The van der Waals surface area contributed by atoms with Gasteiger partial charge in [-0.15, -0.1) is 0 Å². The van der Waals surface area contributed by atoms with Crippen LogP contribution in [0.3, 0.4) is 0 Å². The van der Waals surface area contributed by atoms with E-state index in [0.29, 0.717) is 17.2 Å². The fraction of sp³-hybridized carbons (Fsp3) is 0.378. The Balaban J connectivity index is 1.33. The highest BCUT2D eigenvalue weighted by Crippen LogP contribution is 2.45. The molecule has 5 nitrogen and oxygen atoms in total. The highest BCUT2D eigenvalue weighted by molar-refractivity contribution is 5.94. The molecule has 3 aromatic rings. The molecule has 0 bridgehead atoms. The van der Waals surface area contributed by atoms with Crippen molar-refractivity contribution in [2.75, 3.05) is 41.0 Å². The van der Waals surface area contributed by atoms with Crippen LogP contribution in [0, 0.1) is 17.2 Å². The summed E-state index contributed by atoms with van der Waals surface area (Å²) in [5.74, 6) is 1.83. The molecule has 42 heavy (non-hydrogen) atoms. The number of methoxy groups -OCH3 is 3. The Morgan fingerprint density at radius 1 is 0.833 bits per heavy atom. The number of hydrogen-bond donors (Lipinski definition) is 0. The molecule has 0 N–H and O–H groups in total. The van der Waals surface area contributed by atoms with Crippen molar-refractivity contribution in [2.45, 2.75) is 44.9 Å². The zero-order valence-electron chi connectivity index (χ0n) is 25.6. The average Bonchev–Trinajstić information content (AvgIpc) is 3.19. The van der Waals surface area contributed by atoms with Crippen LogP contribution in [0.1, 0.15) is 67.3 Å². The minimum absolute atomic E-state index is 0.118. The molecule has 0 aromatic heterocycles. The van der Waals surface area contributed by atoms with Crippen molar-refractivity contribution in [1.29, 1.82) is 5.26 Å². The van der Waals surface area contributed by atoms with E-state index < -0.39 is 5.41 Å². The number of ether oxygens (including phenoxy) is 3. The molecular weight excluding hydrogens is 520 g/mol. The van der Waals surface area contributed by atoms with Crippen LogP contribution in [0.4, 0.5) is 0 Å². The number of benzene rings is 3. The predicted octanol–water partition coefficient (Wildman–Crippen LogP) is 7.99. The van der Waals surface area contributed by atoms with Crippen molar-refractivity contribution < 1.29 is 14.2 Å². The lowest BCUT2D eigenvalue weighted by molar-refractivity contribution is 0.237. The van der Waals surface area contributed by atoms with Gasteiger partial charge in [0, 0.05) is 13.1 Å². The van der Waals surface area contributed by atoms with Crippen molar-refractivity contribution in [3.8, 4) is 23.3 Å². The van der Waals surface area contributed by atoms with Gasteiger partial charge in [0.15, 0.2) is 11.5 Å². The van der Waals surface area contributed by atoms with Gasteiger partial charge in [0.1, 0.15) is 0 Å². The molecule has 0 spiro atoms. The van der Waals surface area contributed by atoms with Gasteiger partial charge in [-0.2, -0.15) is 5.26 Å². The van der Waals surface area contributed by atoms with Crippen LogP contribution in [0.5, 0.6) is 17.2 Å². The van der Waals surface area contributed by atoms with E-state index in [1.807, 2.05) is 12.1 Å². The molecule has 1 fully saturated rings. The Morgan fingerprint density at radius 2 is 1.38 bits per heavy atom. The van der Waals surface area contributed by atoms with E-state index in [4.69, 9.17) is 14.2 Å². The summed E-state index contributed by atoms with van der Waals surface area (Å²) >= 11 is 0. The Kier molecular flexibility index (Phi) is 9.04. The fourth-order valence-corrected chi connectivity index (χ4v) is 6.68. The maximum absolute atomic E-state index is 10.6. The Morgan fingerprint density at radius 3 is 1.86 bits per heavy atom. The van der Waals surface area contributed by atoms with Gasteiger partial charge in [0.05, 0.1) is 32.8 Å². The van der Waals surface area contributed by atoms with Crippen LogP contribution in [-0.2, 0) is 5.41 Å². The lowest BCUT2D eigenvalue weighted by Gasteiger charge is -2.34. The first-order valence-electron chi connectivity index (χ1n) is 15.0.